The van der Waals surface area contributed by atoms with E-state index in [2.05, 4.69) is 17.4 Å². The van der Waals surface area contributed by atoms with Crippen LogP contribution in [0.25, 0.3) is 0 Å². The zero-order valence-electron chi connectivity index (χ0n) is 19.6. The summed E-state index contributed by atoms with van der Waals surface area (Å²) < 4.78 is 11.6. The van der Waals surface area contributed by atoms with E-state index >= 15 is 0 Å². The van der Waals surface area contributed by atoms with E-state index in [1.165, 1.54) is 11.1 Å². The number of nitrogens with one attached hydrogen (secondary N) is 1. The number of carbonyl (C=O) groups excluding carboxylic acids is 2. The van der Waals surface area contributed by atoms with Crippen molar-refractivity contribution >= 4 is 17.6 Å². The number of benzene rings is 2. The molecule has 0 radical (unpaired) electrons. The number of amides is 3. The molecule has 2 aromatic carbocycles. The van der Waals surface area contributed by atoms with Gasteiger partial charge in [-0.15, -0.1) is 0 Å². The van der Waals surface area contributed by atoms with E-state index in [0.717, 1.165) is 63.4 Å². The van der Waals surface area contributed by atoms with Crippen LogP contribution in [0.15, 0.2) is 48.5 Å². The van der Waals surface area contributed by atoms with Crippen molar-refractivity contribution < 1.29 is 19.1 Å². The van der Waals surface area contributed by atoms with Crippen LogP contribution in [0.2, 0.25) is 0 Å². The third-order valence-corrected chi connectivity index (χ3v) is 7.14. The number of ether oxygens (including phenoxy) is 2. The Morgan fingerprint density at radius 1 is 0.882 bits per heavy atom. The number of nitrogens with zero attached hydrogens (tertiary/aromatic N) is 2. The molecule has 0 saturated carbocycles. The van der Waals surface area contributed by atoms with E-state index < -0.39 is 0 Å². The van der Waals surface area contributed by atoms with Gasteiger partial charge in [-0.1, -0.05) is 24.3 Å². The molecule has 1 N–H and O–H groups in total. The second-order valence-electron chi connectivity index (χ2n) is 9.54. The molecule has 180 valence electrons. The number of hydrogen-bond donors (Lipinski definition) is 1. The predicted octanol–water partition coefficient (Wildman–Crippen LogP) is 4.42. The molecule has 3 heterocycles. The zero-order valence-corrected chi connectivity index (χ0v) is 19.6. The fourth-order valence-electron chi connectivity index (χ4n) is 5.04. The third-order valence-electron chi connectivity index (χ3n) is 7.14. The highest BCUT2D eigenvalue weighted by Gasteiger charge is 2.27. The summed E-state index contributed by atoms with van der Waals surface area (Å²) in [6, 6.07) is 15.6. The number of hydrogen-bond acceptors (Lipinski definition) is 4. The van der Waals surface area contributed by atoms with Gasteiger partial charge in [-0.25, -0.2) is 4.79 Å². The van der Waals surface area contributed by atoms with Gasteiger partial charge in [0.15, 0.2) is 0 Å². The molecular formula is C27H33N3O4. The van der Waals surface area contributed by atoms with Gasteiger partial charge in [0.05, 0.1) is 0 Å². The molecule has 34 heavy (non-hydrogen) atoms. The second-order valence-corrected chi connectivity index (χ2v) is 9.54. The van der Waals surface area contributed by atoms with Gasteiger partial charge in [0.2, 0.25) is 5.91 Å². The Bertz CT molecular complexity index is 970. The van der Waals surface area contributed by atoms with Crippen molar-refractivity contribution in [2.75, 3.05) is 31.6 Å². The van der Waals surface area contributed by atoms with Gasteiger partial charge in [0.25, 0.3) is 0 Å². The Morgan fingerprint density at radius 2 is 1.53 bits per heavy atom. The minimum absolute atomic E-state index is 0.0948. The first-order valence-corrected chi connectivity index (χ1v) is 12.4. The number of likely N-dealkylation sites (tertiary alicyclic amines) is 1. The Labute approximate surface area is 201 Å². The fraction of sp³-hybridized carbons (Fsp3) is 0.481. The molecule has 3 aliphatic rings. The Hall–Kier alpha value is -3.06. The molecule has 7 nitrogen and oxygen atoms in total. The van der Waals surface area contributed by atoms with E-state index in [4.69, 9.17) is 9.47 Å². The normalized spacial score (nSPS) is 19.1. The standard InChI is InChI=1S/C27H33N3O4/c31-26(17-20-11-15-33-16-12-20)29-13-9-25(10-14-29)34-24-7-5-23(6-8-24)28-27(32)30-18-21-3-1-2-4-22(21)19-30/h1-8,20,25H,9-19H2,(H,28,32). The van der Waals surface area contributed by atoms with E-state index in [1.54, 1.807) is 0 Å². The molecule has 0 aliphatic carbocycles. The highest BCUT2D eigenvalue weighted by Crippen LogP contribution is 2.25. The lowest BCUT2D eigenvalue weighted by Crippen LogP contribution is -2.42. The molecule has 5 rings (SSSR count). The number of urea groups is 1. The summed E-state index contributed by atoms with van der Waals surface area (Å²) >= 11 is 0. The molecule has 3 amide bonds. The van der Waals surface area contributed by atoms with Crippen molar-refractivity contribution in [3.8, 4) is 5.75 Å². The maximum atomic E-state index is 12.6. The summed E-state index contributed by atoms with van der Waals surface area (Å²) in [4.78, 5) is 29.1. The summed E-state index contributed by atoms with van der Waals surface area (Å²) in [6.07, 6.45) is 4.42. The second kappa shape index (κ2) is 10.5. The van der Waals surface area contributed by atoms with Gasteiger partial charge in [0, 0.05) is 64.3 Å². The molecule has 0 atom stereocenters. The van der Waals surface area contributed by atoms with Crippen LogP contribution in [0, 0.1) is 5.92 Å². The van der Waals surface area contributed by atoms with Crippen molar-refractivity contribution in [3.63, 3.8) is 0 Å². The molecule has 2 saturated heterocycles. The summed E-state index contributed by atoms with van der Waals surface area (Å²) in [7, 11) is 0. The van der Waals surface area contributed by atoms with Crippen molar-refractivity contribution in [1.82, 2.24) is 9.80 Å². The van der Waals surface area contributed by atoms with E-state index in [0.29, 0.717) is 25.4 Å². The summed E-state index contributed by atoms with van der Waals surface area (Å²) in [5, 5.41) is 2.98. The lowest BCUT2D eigenvalue weighted by molar-refractivity contribution is -0.134. The molecule has 3 aliphatic heterocycles. The van der Waals surface area contributed by atoms with Crippen LogP contribution in [-0.4, -0.2) is 54.1 Å². The molecular weight excluding hydrogens is 430 g/mol. The van der Waals surface area contributed by atoms with Crippen LogP contribution in [0.3, 0.4) is 0 Å². The maximum absolute atomic E-state index is 12.6. The van der Waals surface area contributed by atoms with Crippen LogP contribution in [0.5, 0.6) is 5.75 Å². The first kappa shape index (κ1) is 22.7. The molecule has 0 bridgehead atoms. The largest absolute Gasteiger partial charge is 0.490 e. The lowest BCUT2D eigenvalue weighted by atomic mass is 9.95. The van der Waals surface area contributed by atoms with Gasteiger partial charge in [0.1, 0.15) is 11.9 Å². The Balaban J connectivity index is 1.05. The molecule has 7 heteroatoms. The van der Waals surface area contributed by atoms with Crippen molar-refractivity contribution in [2.45, 2.75) is 51.3 Å². The highest BCUT2D eigenvalue weighted by atomic mass is 16.5. The topological polar surface area (TPSA) is 71.1 Å². The molecule has 0 unspecified atom stereocenters. The molecule has 2 fully saturated rings. The predicted molar refractivity (Wildman–Crippen MR) is 130 cm³/mol. The van der Waals surface area contributed by atoms with Gasteiger partial charge < -0.3 is 24.6 Å². The first-order valence-electron chi connectivity index (χ1n) is 12.4. The number of anilines is 1. The quantitative estimate of drug-likeness (QED) is 0.713. The van der Waals surface area contributed by atoms with E-state index in [-0.39, 0.29) is 18.0 Å². The number of carbonyl (C=O) groups is 2. The van der Waals surface area contributed by atoms with Gasteiger partial charge >= 0.3 is 6.03 Å². The Morgan fingerprint density at radius 3 is 2.18 bits per heavy atom. The number of fused-ring (bicyclic) bond motifs is 1. The lowest BCUT2D eigenvalue weighted by Gasteiger charge is -2.33. The minimum Gasteiger partial charge on any atom is -0.490 e. The zero-order chi connectivity index (χ0) is 23.3. The van der Waals surface area contributed by atoms with Crippen LogP contribution in [-0.2, 0) is 22.6 Å². The van der Waals surface area contributed by atoms with E-state index in [1.807, 2.05) is 46.2 Å². The maximum Gasteiger partial charge on any atom is 0.322 e. The van der Waals surface area contributed by atoms with Crippen molar-refractivity contribution in [3.05, 3.63) is 59.7 Å². The van der Waals surface area contributed by atoms with Crippen molar-refractivity contribution in [1.29, 1.82) is 0 Å². The van der Waals surface area contributed by atoms with E-state index in [9.17, 15) is 9.59 Å². The average molecular weight is 464 g/mol. The van der Waals surface area contributed by atoms with Crippen LogP contribution >= 0.6 is 0 Å². The minimum atomic E-state index is -0.0948. The number of rotatable bonds is 5. The molecule has 2 aromatic rings. The molecule has 0 spiro atoms. The van der Waals surface area contributed by atoms with Crippen molar-refractivity contribution in [2.24, 2.45) is 5.92 Å². The smallest absolute Gasteiger partial charge is 0.322 e. The molecule has 0 aromatic heterocycles. The van der Waals surface area contributed by atoms with Crippen LogP contribution in [0.1, 0.15) is 43.2 Å². The Kier molecular flexibility index (Phi) is 7.00. The fourth-order valence-corrected chi connectivity index (χ4v) is 5.04. The SMILES string of the molecule is O=C(CC1CCOCC1)N1CCC(Oc2ccc(NC(=O)N3Cc4ccccc4C3)cc2)CC1. The first-order chi connectivity index (χ1) is 16.6. The van der Waals surface area contributed by atoms with Gasteiger partial charge in [-0.2, -0.15) is 0 Å². The summed E-state index contributed by atoms with van der Waals surface area (Å²) in [5.41, 5.74) is 3.16. The monoisotopic (exact) mass is 463 g/mol. The summed E-state index contributed by atoms with van der Waals surface area (Å²) in [5.74, 6) is 1.53. The third kappa shape index (κ3) is 5.53. The van der Waals surface area contributed by atoms with Gasteiger partial charge in [-0.3, -0.25) is 4.79 Å². The average Bonchev–Trinajstić information content (AvgIpc) is 3.31. The summed E-state index contributed by atoms with van der Waals surface area (Å²) in [6.45, 7) is 4.34. The van der Waals surface area contributed by atoms with Crippen LogP contribution in [0.4, 0.5) is 10.5 Å². The van der Waals surface area contributed by atoms with Gasteiger partial charge in [-0.05, 0) is 54.2 Å². The highest BCUT2D eigenvalue weighted by molar-refractivity contribution is 5.89. The van der Waals surface area contributed by atoms with Crippen LogP contribution < -0.4 is 10.1 Å². The number of piperidine rings is 1.